The van der Waals surface area contributed by atoms with Gasteiger partial charge in [-0.1, -0.05) is 5.92 Å². The average molecular weight is 273 g/mol. The van der Waals surface area contributed by atoms with E-state index in [1.165, 1.54) is 12.1 Å². The number of terminal acetylenes is 1. The van der Waals surface area contributed by atoms with E-state index in [4.69, 9.17) is 12.2 Å². The molecule has 1 heterocycles. The van der Waals surface area contributed by atoms with Crippen molar-refractivity contribution in [3.05, 3.63) is 35.7 Å². The van der Waals surface area contributed by atoms with Gasteiger partial charge in [0.05, 0.1) is 6.54 Å². The molecule has 1 aromatic heterocycles. The summed E-state index contributed by atoms with van der Waals surface area (Å²) in [6, 6.07) is 3.36. The second-order valence-corrected chi connectivity index (χ2v) is 4.89. The van der Waals surface area contributed by atoms with Crippen LogP contribution in [0.4, 0.5) is 14.6 Å². The Morgan fingerprint density at radius 2 is 2.15 bits per heavy atom. The predicted molar refractivity (Wildman–Crippen MR) is 72.8 cm³/mol. The summed E-state index contributed by atoms with van der Waals surface area (Å²) in [6.07, 6.45) is 7.41. The number of halogens is 2. The van der Waals surface area contributed by atoms with E-state index < -0.39 is 11.6 Å². The first-order chi connectivity index (χ1) is 9.61. The zero-order valence-corrected chi connectivity index (χ0v) is 10.7. The van der Waals surface area contributed by atoms with Crippen molar-refractivity contribution in [3.63, 3.8) is 0 Å². The smallest absolute Gasteiger partial charge is 0.135 e. The highest BCUT2D eigenvalue weighted by Gasteiger charge is 2.31. The van der Waals surface area contributed by atoms with Gasteiger partial charge in [-0.15, -0.1) is 6.42 Å². The highest BCUT2D eigenvalue weighted by atomic mass is 19.1. The summed E-state index contributed by atoms with van der Waals surface area (Å²) in [4.78, 5) is 4.43. The molecule has 3 rings (SSSR count). The fraction of sp³-hybridized carbons (Fsp3) is 0.267. The van der Waals surface area contributed by atoms with Crippen molar-refractivity contribution in [2.45, 2.75) is 25.3 Å². The lowest BCUT2D eigenvalue weighted by Gasteiger charge is -2.05. The largest absolute Gasteiger partial charge is 0.383 e. The minimum atomic E-state index is -0.676. The van der Waals surface area contributed by atoms with Crippen LogP contribution in [0.3, 0.4) is 0 Å². The molecule has 2 aromatic rings. The highest BCUT2D eigenvalue weighted by Crippen LogP contribution is 2.42. The maximum atomic E-state index is 13.9. The Bertz CT molecular complexity index is 709. The van der Waals surface area contributed by atoms with Gasteiger partial charge in [0.15, 0.2) is 0 Å². The van der Waals surface area contributed by atoms with Crippen LogP contribution in [0.2, 0.25) is 0 Å². The lowest BCUT2D eigenvalue weighted by Crippen LogP contribution is -2.05. The van der Waals surface area contributed by atoms with Crippen LogP contribution in [0.5, 0.6) is 0 Å². The molecule has 0 bridgehead atoms. The molecule has 1 aliphatic rings. The van der Waals surface area contributed by atoms with E-state index >= 15 is 0 Å². The standard InChI is InChI=1S/C15H13F2N3/c1-2-7-20-14(18)13(19-15(20)9-3-4-9)11-6-5-10(16)8-12(11)17/h1,5-6,8-9H,3-4,7,18H2. The average Bonchev–Trinajstić information content (AvgIpc) is 3.19. The van der Waals surface area contributed by atoms with Gasteiger partial charge in [0.2, 0.25) is 0 Å². The first kappa shape index (κ1) is 12.7. The number of hydrogen-bond donors (Lipinski definition) is 1. The van der Waals surface area contributed by atoms with Crippen molar-refractivity contribution in [3.8, 4) is 23.6 Å². The summed E-state index contributed by atoms with van der Waals surface area (Å²) < 4.78 is 28.6. The molecule has 1 fully saturated rings. The number of aromatic nitrogens is 2. The summed E-state index contributed by atoms with van der Waals surface area (Å²) in [6.45, 7) is 0.299. The number of nitrogens with two attached hydrogens (primary N) is 1. The molecule has 5 heteroatoms. The first-order valence-corrected chi connectivity index (χ1v) is 6.36. The Kier molecular flexibility index (Phi) is 2.94. The van der Waals surface area contributed by atoms with E-state index in [9.17, 15) is 8.78 Å². The summed E-state index contributed by atoms with van der Waals surface area (Å²) in [5.74, 6) is 2.68. The molecule has 1 saturated carbocycles. The molecule has 2 N–H and O–H groups in total. The molecule has 3 nitrogen and oxygen atoms in total. The second-order valence-electron chi connectivity index (χ2n) is 4.89. The van der Waals surface area contributed by atoms with Gasteiger partial charge in [0, 0.05) is 17.5 Å². The Labute approximate surface area is 115 Å². The van der Waals surface area contributed by atoms with Crippen molar-refractivity contribution in [1.29, 1.82) is 0 Å². The molecule has 0 amide bonds. The number of nitrogen functional groups attached to an aromatic ring is 1. The number of rotatable bonds is 3. The van der Waals surface area contributed by atoms with Crippen LogP contribution in [0.25, 0.3) is 11.3 Å². The second kappa shape index (κ2) is 4.64. The van der Waals surface area contributed by atoms with Crippen LogP contribution < -0.4 is 5.73 Å². The van der Waals surface area contributed by atoms with Gasteiger partial charge in [0.1, 0.15) is 29.0 Å². The molecule has 102 valence electrons. The Morgan fingerprint density at radius 3 is 2.75 bits per heavy atom. The topological polar surface area (TPSA) is 43.8 Å². The van der Waals surface area contributed by atoms with Crippen molar-refractivity contribution in [1.82, 2.24) is 9.55 Å². The summed E-state index contributed by atoms with van der Waals surface area (Å²) >= 11 is 0. The van der Waals surface area contributed by atoms with E-state index in [0.717, 1.165) is 24.7 Å². The molecule has 20 heavy (non-hydrogen) atoms. The van der Waals surface area contributed by atoms with Crippen LogP contribution in [0.1, 0.15) is 24.6 Å². The number of anilines is 1. The minimum absolute atomic E-state index is 0.196. The molecule has 0 unspecified atom stereocenters. The molecule has 1 aromatic carbocycles. The van der Waals surface area contributed by atoms with Crippen molar-refractivity contribution < 1.29 is 8.78 Å². The highest BCUT2D eigenvalue weighted by molar-refractivity contribution is 5.71. The maximum absolute atomic E-state index is 13.9. The van der Waals surface area contributed by atoms with Gasteiger partial charge in [-0.25, -0.2) is 13.8 Å². The fourth-order valence-electron chi connectivity index (χ4n) is 2.27. The van der Waals surface area contributed by atoms with E-state index in [2.05, 4.69) is 10.9 Å². The van der Waals surface area contributed by atoms with Gasteiger partial charge in [-0.05, 0) is 25.0 Å². The van der Waals surface area contributed by atoms with Crippen LogP contribution in [0.15, 0.2) is 18.2 Å². The van der Waals surface area contributed by atoms with Crippen LogP contribution in [-0.2, 0) is 6.54 Å². The summed E-state index contributed by atoms with van der Waals surface area (Å²) in [5, 5.41) is 0. The lowest BCUT2D eigenvalue weighted by atomic mass is 10.1. The third-order valence-electron chi connectivity index (χ3n) is 3.41. The van der Waals surface area contributed by atoms with Crippen molar-refractivity contribution >= 4 is 5.82 Å². The Balaban J connectivity index is 2.14. The molecule has 0 aliphatic heterocycles. The van der Waals surface area contributed by atoms with E-state index in [-0.39, 0.29) is 5.56 Å². The summed E-state index contributed by atoms with van der Waals surface area (Å²) in [5.41, 5.74) is 6.57. The van der Waals surface area contributed by atoms with Crippen LogP contribution >= 0.6 is 0 Å². The van der Waals surface area contributed by atoms with E-state index in [1.54, 1.807) is 4.57 Å². The van der Waals surface area contributed by atoms with Crippen molar-refractivity contribution in [2.24, 2.45) is 0 Å². The molecule has 0 spiro atoms. The molecule has 0 radical (unpaired) electrons. The number of nitrogens with zero attached hydrogens (tertiary/aromatic N) is 2. The SMILES string of the molecule is C#CCn1c(C2CC2)nc(-c2ccc(F)cc2F)c1N. The van der Waals surface area contributed by atoms with Crippen molar-refractivity contribution in [2.75, 3.05) is 5.73 Å². The normalized spacial score (nSPS) is 14.2. The zero-order valence-electron chi connectivity index (χ0n) is 10.7. The predicted octanol–water partition coefficient (Wildman–Crippen LogP) is 2.92. The molecule has 0 saturated heterocycles. The number of imidazole rings is 1. The zero-order chi connectivity index (χ0) is 14.3. The lowest BCUT2D eigenvalue weighted by molar-refractivity contribution is 0.585. The van der Waals surface area contributed by atoms with Gasteiger partial charge in [-0.2, -0.15) is 0 Å². The quantitative estimate of drug-likeness (QED) is 0.874. The number of hydrogen-bond acceptors (Lipinski definition) is 2. The van der Waals surface area contributed by atoms with Crippen LogP contribution in [-0.4, -0.2) is 9.55 Å². The van der Waals surface area contributed by atoms with Gasteiger partial charge in [0.25, 0.3) is 0 Å². The van der Waals surface area contributed by atoms with Gasteiger partial charge < -0.3 is 10.3 Å². The fourth-order valence-corrected chi connectivity index (χ4v) is 2.27. The first-order valence-electron chi connectivity index (χ1n) is 6.36. The Hall–Kier alpha value is -2.35. The Morgan fingerprint density at radius 1 is 1.40 bits per heavy atom. The maximum Gasteiger partial charge on any atom is 0.135 e. The summed E-state index contributed by atoms with van der Waals surface area (Å²) in [7, 11) is 0. The molecular formula is C15H13F2N3. The molecular weight excluding hydrogens is 260 g/mol. The molecule has 1 aliphatic carbocycles. The third-order valence-corrected chi connectivity index (χ3v) is 3.41. The molecule has 0 atom stereocenters. The van der Waals surface area contributed by atoms with E-state index in [1.807, 2.05) is 0 Å². The van der Waals surface area contributed by atoms with Crippen LogP contribution in [0, 0.1) is 24.0 Å². The number of benzene rings is 1. The monoisotopic (exact) mass is 273 g/mol. The van der Waals surface area contributed by atoms with E-state index in [0.29, 0.717) is 24.0 Å². The van der Waals surface area contributed by atoms with Gasteiger partial charge in [-0.3, -0.25) is 0 Å². The minimum Gasteiger partial charge on any atom is -0.383 e. The van der Waals surface area contributed by atoms with Gasteiger partial charge >= 0.3 is 0 Å². The third kappa shape index (κ3) is 2.03.